The number of hydrogen-bond donors (Lipinski definition) is 0. The molecule has 0 aliphatic rings. The van der Waals surface area contributed by atoms with Crippen LogP contribution >= 0.6 is 0 Å². The summed E-state index contributed by atoms with van der Waals surface area (Å²) in [4.78, 5) is 11.3. The van der Waals surface area contributed by atoms with Gasteiger partial charge < -0.3 is 9.47 Å². The maximum absolute atomic E-state index is 12.5. The third-order valence-corrected chi connectivity index (χ3v) is 3.16. The molecule has 5 nitrogen and oxygen atoms in total. The Balaban J connectivity index is 2.46. The highest BCUT2D eigenvalue weighted by Gasteiger charge is 2.21. The lowest BCUT2D eigenvalue weighted by atomic mass is 10.1. The number of rotatable bonds is 6. The van der Waals surface area contributed by atoms with Crippen molar-refractivity contribution < 1.29 is 23.0 Å². The van der Waals surface area contributed by atoms with E-state index < -0.39 is 6.61 Å². The molecule has 0 aliphatic carbocycles. The first kappa shape index (κ1) is 16.9. The van der Waals surface area contributed by atoms with Crippen molar-refractivity contribution in [3.8, 4) is 22.9 Å². The topological polar surface area (TPSA) is 53.4 Å². The number of hydrogen-bond acceptors (Lipinski definition) is 4. The summed E-state index contributed by atoms with van der Waals surface area (Å²) in [7, 11) is 1.44. The molecule has 0 spiro atoms. The summed E-state index contributed by atoms with van der Waals surface area (Å²) in [6, 6.07) is 5.28. The number of ether oxygens (including phenoxy) is 2. The average molecular weight is 324 g/mol. The predicted molar refractivity (Wildman–Crippen MR) is 81.2 cm³/mol. The quantitative estimate of drug-likeness (QED) is 0.762. The van der Waals surface area contributed by atoms with Gasteiger partial charge in [-0.05, 0) is 44.5 Å². The first-order valence-corrected chi connectivity index (χ1v) is 7.08. The molecule has 2 aromatic rings. The van der Waals surface area contributed by atoms with Crippen molar-refractivity contribution in [1.29, 1.82) is 0 Å². The zero-order chi connectivity index (χ0) is 17.1. The van der Waals surface area contributed by atoms with Gasteiger partial charge in [-0.1, -0.05) is 0 Å². The summed E-state index contributed by atoms with van der Waals surface area (Å²) in [5, 5.41) is 4.12. The molecule has 124 valence electrons. The number of alkyl halides is 2. The molecule has 0 saturated carbocycles. The molecule has 0 atom stereocenters. The molecule has 23 heavy (non-hydrogen) atoms. The van der Waals surface area contributed by atoms with Crippen molar-refractivity contribution in [2.75, 3.05) is 0 Å². The third kappa shape index (κ3) is 3.67. The summed E-state index contributed by atoms with van der Waals surface area (Å²) in [5.74, 6) is 0.460. The van der Waals surface area contributed by atoms with Crippen molar-refractivity contribution in [3.05, 3.63) is 29.3 Å². The highest BCUT2D eigenvalue weighted by molar-refractivity contribution is 5.89. The Morgan fingerprint density at radius 3 is 2.48 bits per heavy atom. The molecule has 0 unspecified atom stereocenters. The summed E-state index contributed by atoms with van der Waals surface area (Å²) in [5.41, 5.74) is 1.76. The fourth-order valence-electron chi connectivity index (χ4n) is 2.25. The second-order valence-electron chi connectivity index (χ2n) is 5.33. The monoisotopic (exact) mass is 324 g/mol. The zero-order valence-electron chi connectivity index (χ0n) is 13.3. The Labute approximate surface area is 132 Å². The number of halogens is 2. The number of aryl methyl sites for hydroxylation is 2. The van der Waals surface area contributed by atoms with Gasteiger partial charge in [0.05, 0.1) is 6.10 Å². The lowest BCUT2D eigenvalue weighted by Gasteiger charge is -2.13. The van der Waals surface area contributed by atoms with E-state index in [1.807, 2.05) is 20.8 Å². The largest absolute Gasteiger partial charge is 0.491 e. The standard InChI is InChI=1S/C16H18F2N2O3/c1-9(2)22-13-6-5-11(7-10(13)3)14-12(8-21)15(20(4)19-14)23-16(17)18/h5-9,16H,1-4H3. The van der Waals surface area contributed by atoms with Crippen LogP contribution in [0.5, 0.6) is 11.6 Å². The van der Waals surface area contributed by atoms with E-state index in [-0.39, 0.29) is 23.2 Å². The molecule has 0 saturated heterocycles. The lowest BCUT2D eigenvalue weighted by Crippen LogP contribution is -2.07. The molecule has 0 bridgehead atoms. The SMILES string of the molecule is Cc1cc(-c2nn(C)c(OC(F)F)c2C=O)ccc1OC(C)C. The smallest absolute Gasteiger partial charge is 0.388 e. The van der Waals surface area contributed by atoms with Crippen LogP contribution in [-0.2, 0) is 7.05 Å². The van der Waals surface area contributed by atoms with Crippen LogP contribution in [0.4, 0.5) is 8.78 Å². The molecule has 0 N–H and O–H groups in total. The van der Waals surface area contributed by atoms with Crippen molar-refractivity contribution in [3.63, 3.8) is 0 Å². The molecular formula is C16H18F2N2O3. The zero-order valence-corrected chi connectivity index (χ0v) is 13.3. The van der Waals surface area contributed by atoms with Crippen LogP contribution in [-0.4, -0.2) is 28.8 Å². The summed E-state index contributed by atoms with van der Waals surface area (Å²) < 4.78 is 36.1. The summed E-state index contributed by atoms with van der Waals surface area (Å²) >= 11 is 0. The minimum Gasteiger partial charge on any atom is -0.491 e. The molecule has 0 aliphatic heterocycles. The van der Waals surface area contributed by atoms with Crippen molar-refractivity contribution in [2.45, 2.75) is 33.5 Å². The molecule has 2 rings (SSSR count). The summed E-state index contributed by atoms with van der Waals surface area (Å²) in [6.45, 7) is 2.68. The maximum atomic E-state index is 12.5. The van der Waals surface area contributed by atoms with E-state index in [9.17, 15) is 13.6 Å². The lowest BCUT2D eigenvalue weighted by molar-refractivity contribution is -0.0555. The molecule has 0 amide bonds. The van der Waals surface area contributed by atoms with E-state index in [4.69, 9.17) is 4.74 Å². The molecular weight excluding hydrogens is 306 g/mol. The number of carbonyl (C=O) groups is 1. The minimum absolute atomic E-state index is 0.00951. The fraction of sp³-hybridized carbons (Fsp3) is 0.375. The van der Waals surface area contributed by atoms with Gasteiger partial charge in [0.1, 0.15) is 17.0 Å². The van der Waals surface area contributed by atoms with Gasteiger partial charge >= 0.3 is 6.61 Å². The second kappa shape index (κ2) is 6.76. The Morgan fingerprint density at radius 2 is 1.96 bits per heavy atom. The molecule has 7 heteroatoms. The van der Waals surface area contributed by atoms with E-state index in [1.54, 1.807) is 18.2 Å². The average Bonchev–Trinajstić information content (AvgIpc) is 2.76. The Bertz CT molecular complexity index is 712. The number of benzene rings is 1. The predicted octanol–water partition coefficient (Wildman–Crippen LogP) is 3.60. The Morgan fingerprint density at radius 1 is 1.26 bits per heavy atom. The van der Waals surface area contributed by atoms with Gasteiger partial charge in [-0.3, -0.25) is 4.79 Å². The van der Waals surface area contributed by atoms with Gasteiger partial charge in [0.15, 0.2) is 6.29 Å². The van der Waals surface area contributed by atoms with Crippen LogP contribution in [0.1, 0.15) is 29.8 Å². The minimum atomic E-state index is -3.03. The molecule has 0 fully saturated rings. The van der Waals surface area contributed by atoms with Gasteiger partial charge in [0.2, 0.25) is 5.88 Å². The molecule has 1 aromatic heterocycles. The molecule has 1 aromatic carbocycles. The van der Waals surface area contributed by atoms with Crippen LogP contribution in [0.15, 0.2) is 18.2 Å². The van der Waals surface area contributed by atoms with Gasteiger partial charge in [-0.25, -0.2) is 4.68 Å². The summed E-state index contributed by atoms with van der Waals surface area (Å²) in [6.07, 6.45) is 0.499. The number of nitrogens with zero attached hydrogens (tertiary/aromatic N) is 2. The fourth-order valence-corrected chi connectivity index (χ4v) is 2.25. The molecule has 1 heterocycles. The van der Waals surface area contributed by atoms with Crippen LogP contribution in [0.3, 0.4) is 0 Å². The van der Waals surface area contributed by atoms with Gasteiger partial charge in [-0.15, -0.1) is 0 Å². The van der Waals surface area contributed by atoms with Crippen molar-refractivity contribution in [2.24, 2.45) is 7.05 Å². The van der Waals surface area contributed by atoms with Crippen LogP contribution in [0.25, 0.3) is 11.3 Å². The van der Waals surface area contributed by atoms with Gasteiger partial charge in [0, 0.05) is 12.6 Å². The maximum Gasteiger partial charge on any atom is 0.388 e. The number of carbonyl (C=O) groups excluding carboxylic acids is 1. The Hall–Kier alpha value is -2.44. The Kier molecular flexibility index (Phi) is 4.98. The van der Waals surface area contributed by atoms with Crippen LogP contribution in [0.2, 0.25) is 0 Å². The van der Waals surface area contributed by atoms with E-state index in [0.29, 0.717) is 11.8 Å². The highest BCUT2D eigenvalue weighted by Crippen LogP contribution is 2.32. The van der Waals surface area contributed by atoms with E-state index in [2.05, 4.69) is 9.84 Å². The van der Waals surface area contributed by atoms with Crippen LogP contribution in [0, 0.1) is 6.92 Å². The van der Waals surface area contributed by atoms with Gasteiger partial charge in [0.25, 0.3) is 0 Å². The number of aldehydes is 1. The third-order valence-electron chi connectivity index (χ3n) is 3.16. The van der Waals surface area contributed by atoms with Crippen LogP contribution < -0.4 is 9.47 Å². The first-order valence-electron chi connectivity index (χ1n) is 7.08. The highest BCUT2D eigenvalue weighted by atomic mass is 19.3. The number of aromatic nitrogens is 2. The van der Waals surface area contributed by atoms with Crippen molar-refractivity contribution >= 4 is 6.29 Å². The molecule has 0 radical (unpaired) electrons. The van der Waals surface area contributed by atoms with E-state index in [0.717, 1.165) is 16.0 Å². The van der Waals surface area contributed by atoms with Crippen molar-refractivity contribution in [1.82, 2.24) is 9.78 Å². The normalized spacial score (nSPS) is 11.1. The second-order valence-corrected chi connectivity index (χ2v) is 5.33. The first-order chi connectivity index (χ1) is 10.8. The van der Waals surface area contributed by atoms with E-state index in [1.165, 1.54) is 7.05 Å². The van der Waals surface area contributed by atoms with E-state index >= 15 is 0 Å². The van der Waals surface area contributed by atoms with Gasteiger partial charge in [-0.2, -0.15) is 13.9 Å².